The molecule has 1 aromatic heterocycles. The molecule has 0 bridgehead atoms. The summed E-state index contributed by atoms with van der Waals surface area (Å²) in [5.41, 5.74) is 1.22. The van der Waals surface area contributed by atoms with Crippen LogP contribution in [-0.4, -0.2) is 27.9 Å². The molecule has 1 atom stereocenters. The molecule has 0 aliphatic carbocycles. The number of nitrogens with one attached hydrogen (secondary N) is 1. The van der Waals surface area contributed by atoms with Crippen molar-refractivity contribution < 1.29 is 4.74 Å². The van der Waals surface area contributed by atoms with Crippen LogP contribution in [0.1, 0.15) is 37.7 Å². The van der Waals surface area contributed by atoms with Crippen LogP contribution in [0.2, 0.25) is 0 Å². The standard InChI is InChI=1S/C16H24N4O/c1-4-9-17-15(11-16-18-12-19-20(16)3)13-7-6-8-14(10-13)21-5-2/h6-8,10,12,15,17H,4-5,9,11H2,1-3H3. The van der Waals surface area contributed by atoms with Gasteiger partial charge in [0.1, 0.15) is 17.9 Å². The first kappa shape index (κ1) is 15.5. The molecule has 1 N–H and O–H groups in total. The molecule has 5 nitrogen and oxygen atoms in total. The summed E-state index contributed by atoms with van der Waals surface area (Å²) in [5, 5.41) is 7.73. The monoisotopic (exact) mass is 288 g/mol. The zero-order valence-corrected chi connectivity index (χ0v) is 13.0. The van der Waals surface area contributed by atoms with E-state index < -0.39 is 0 Å². The van der Waals surface area contributed by atoms with E-state index in [-0.39, 0.29) is 6.04 Å². The van der Waals surface area contributed by atoms with Crippen molar-refractivity contribution in [1.29, 1.82) is 0 Å². The lowest BCUT2D eigenvalue weighted by Gasteiger charge is -2.19. The van der Waals surface area contributed by atoms with Crippen LogP contribution in [0.25, 0.3) is 0 Å². The van der Waals surface area contributed by atoms with Crippen LogP contribution in [0.3, 0.4) is 0 Å². The molecule has 1 heterocycles. The van der Waals surface area contributed by atoms with Crippen molar-refractivity contribution in [2.75, 3.05) is 13.2 Å². The van der Waals surface area contributed by atoms with E-state index in [1.807, 2.05) is 30.8 Å². The molecule has 2 rings (SSSR count). The first-order valence-corrected chi connectivity index (χ1v) is 7.53. The number of aryl methyl sites for hydroxylation is 1. The summed E-state index contributed by atoms with van der Waals surface area (Å²) in [4.78, 5) is 4.33. The van der Waals surface area contributed by atoms with Gasteiger partial charge in [-0.3, -0.25) is 4.68 Å². The van der Waals surface area contributed by atoms with Gasteiger partial charge in [0.15, 0.2) is 0 Å². The van der Waals surface area contributed by atoms with Crippen molar-refractivity contribution in [1.82, 2.24) is 20.1 Å². The van der Waals surface area contributed by atoms with Gasteiger partial charge in [-0.2, -0.15) is 5.10 Å². The minimum atomic E-state index is 0.216. The third-order valence-corrected chi connectivity index (χ3v) is 3.40. The van der Waals surface area contributed by atoms with Crippen LogP contribution in [0.5, 0.6) is 5.75 Å². The Morgan fingerprint density at radius 1 is 1.33 bits per heavy atom. The highest BCUT2D eigenvalue weighted by molar-refractivity contribution is 5.31. The van der Waals surface area contributed by atoms with Crippen LogP contribution in [-0.2, 0) is 13.5 Å². The molecule has 0 fully saturated rings. The minimum Gasteiger partial charge on any atom is -0.494 e. The van der Waals surface area contributed by atoms with Crippen LogP contribution < -0.4 is 10.1 Å². The number of aromatic nitrogens is 3. The molecule has 0 saturated heterocycles. The molecular weight excluding hydrogens is 264 g/mol. The quantitative estimate of drug-likeness (QED) is 0.811. The first-order valence-electron chi connectivity index (χ1n) is 7.53. The predicted octanol–water partition coefficient (Wildman–Crippen LogP) is 2.50. The predicted molar refractivity (Wildman–Crippen MR) is 83.4 cm³/mol. The zero-order chi connectivity index (χ0) is 15.1. The van der Waals surface area contributed by atoms with E-state index in [0.717, 1.165) is 31.0 Å². The van der Waals surface area contributed by atoms with Crippen molar-refractivity contribution in [2.24, 2.45) is 7.05 Å². The van der Waals surface area contributed by atoms with Crippen LogP contribution >= 0.6 is 0 Å². The summed E-state index contributed by atoms with van der Waals surface area (Å²) in [7, 11) is 1.93. The van der Waals surface area contributed by atoms with Gasteiger partial charge in [0.2, 0.25) is 0 Å². The Hall–Kier alpha value is -1.88. The summed E-state index contributed by atoms with van der Waals surface area (Å²) < 4.78 is 7.43. The molecule has 1 aromatic carbocycles. The Bertz CT molecular complexity index is 553. The molecule has 0 spiro atoms. The topological polar surface area (TPSA) is 52.0 Å². The Balaban J connectivity index is 2.18. The third kappa shape index (κ3) is 4.29. The molecule has 5 heteroatoms. The van der Waals surface area contributed by atoms with E-state index in [0.29, 0.717) is 6.61 Å². The average Bonchev–Trinajstić information content (AvgIpc) is 2.89. The maximum Gasteiger partial charge on any atom is 0.138 e. The van der Waals surface area contributed by atoms with Gasteiger partial charge in [-0.15, -0.1) is 0 Å². The summed E-state index contributed by atoms with van der Waals surface area (Å²) in [6.07, 6.45) is 3.51. The normalized spacial score (nSPS) is 12.3. The lowest BCUT2D eigenvalue weighted by atomic mass is 10.0. The van der Waals surface area contributed by atoms with Crippen LogP contribution in [0.15, 0.2) is 30.6 Å². The second-order valence-electron chi connectivity index (χ2n) is 5.02. The SMILES string of the molecule is CCCNC(Cc1ncnn1C)c1cccc(OCC)c1. The molecule has 21 heavy (non-hydrogen) atoms. The first-order chi connectivity index (χ1) is 10.2. The summed E-state index contributed by atoms with van der Waals surface area (Å²) in [6.45, 7) is 5.82. The van der Waals surface area contributed by atoms with Gasteiger partial charge in [-0.1, -0.05) is 19.1 Å². The highest BCUT2D eigenvalue weighted by Crippen LogP contribution is 2.22. The molecule has 0 aliphatic heterocycles. The van der Waals surface area contributed by atoms with Crippen LogP contribution in [0.4, 0.5) is 0 Å². The maximum atomic E-state index is 5.60. The van der Waals surface area contributed by atoms with Gasteiger partial charge in [0.25, 0.3) is 0 Å². The van der Waals surface area contributed by atoms with Crippen molar-refractivity contribution >= 4 is 0 Å². The number of rotatable bonds is 8. The number of ether oxygens (including phenoxy) is 1. The molecule has 0 saturated carbocycles. The van der Waals surface area contributed by atoms with Crippen molar-refractivity contribution in [2.45, 2.75) is 32.7 Å². The van der Waals surface area contributed by atoms with Crippen molar-refractivity contribution in [3.63, 3.8) is 0 Å². The molecule has 0 aliphatic rings. The maximum absolute atomic E-state index is 5.60. The van der Waals surface area contributed by atoms with E-state index in [2.05, 4.69) is 34.5 Å². The molecule has 1 unspecified atom stereocenters. The van der Waals surface area contributed by atoms with Gasteiger partial charge >= 0.3 is 0 Å². The number of hydrogen-bond acceptors (Lipinski definition) is 4. The van der Waals surface area contributed by atoms with Gasteiger partial charge in [0.05, 0.1) is 6.61 Å². The average molecular weight is 288 g/mol. The fourth-order valence-electron chi connectivity index (χ4n) is 2.30. The second kappa shape index (κ2) is 7.78. The van der Waals surface area contributed by atoms with Crippen molar-refractivity contribution in [3.05, 3.63) is 42.0 Å². The fourth-order valence-corrected chi connectivity index (χ4v) is 2.30. The number of benzene rings is 1. The molecule has 0 radical (unpaired) electrons. The number of nitrogens with zero attached hydrogens (tertiary/aromatic N) is 3. The Labute approximate surface area is 126 Å². The van der Waals surface area contributed by atoms with E-state index in [9.17, 15) is 0 Å². The Kier molecular flexibility index (Phi) is 5.75. The van der Waals surface area contributed by atoms with E-state index >= 15 is 0 Å². The van der Waals surface area contributed by atoms with Crippen LogP contribution in [0, 0.1) is 0 Å². The van der Waals surface area contributed by atoms with Gasteiger partial charge in [0, 0.05) is 19.5 Å². The van der Waals surface area contributed by atoms with Gasteiger partial charge < -0.3 is 10.1 Å². The Morgan fingerprint density at radius 3 is 2.86 bits per heavy atom. The third-order valence-electron chi connectivity index (χ3n) is 3.40. The fraction of sp³-hybridized carbons (Fsp3) is 0.500. The summed E-state index contributed by atoms with van der Waals surface area (Å²) >= 11 is 0. The lowest BCUT2D eigenvalue weighted by molar-refractivity contribution is 0.339. The molecule has 114 valence electrons. The summed E-state index contributed by atoms with van der Waals surface area (Å²) in [6, 6.07) is 8.48. The Morgan fingerprint density at radius 2 is 2.19 bits per heavy atom. The molecular formula is C16H24N4O. The largest absolute Gasteiger partial charge is 0.494 e. The van der Waals surface area contributed by atoms with E-state index in [1.54, 1.807) is 6.33 Å². The van der Waals surface area contributed by atoms with Gasteiger partial charge in [-0.25, -0.2) is 4.98 Å². The zero-order valence-electron chi connectivity index (χ0n) is 13.0. The highest BCUT2D eigenvalue weighted by Gasteiger charge is 2.15. The highest BCUT2D eigenvalue weighted by atomic mass is 16.5. The number of hydrogen-bond donors (Lipinski definition) is 1. The smallest absolute Gasteiger partial charge is 0.138 e. The second-order valence-corrected chi connectivity index (χ2v) is 5.02. The van der Waals surface area contributed by atoms with E-state index in [1.165, 1.54) is 5.56 Å². The van der Waals surface area contributed by atoms with E-state index in [4.69, 9.17) is 4.74 Å². The van der Waals surface area contributed by atoms with Crippen molar-refractivity contribution in [3.8, 4) is 5.75 Å². The lowest BCUT2D eigenvalue weighted by Crippen LogP contribution is -2.25. The van der Waals surface area contributed by atoms with Gasteiger partial charge in [-0.05, 0) is 37.6 Å². The minimum absolute atomic E-state index is 0.216. The summed E-state index contributed by atoms with van der Waals surface area (Å²) in [5.74, 6) is 1.89. The molecule has 0 amide bonds. The molecule has 2 aromatic rings.